The number of aromatic nitrogens is 4. The Morgan fingerprint density at radius 3 is 3.19 bits per heavy atom. The van der Waals surface area contributed by atoms with E-state index in [1.165, 1.54) is 13.4 Å². The number of anilines is 1. The molecule has 0 bridgehead atoms. The zero-order valence-electron chi connectivity index (χ0n) is 11.5. The summed E-state index contributed by atoms with van der Waals surface area (Å²) in [6.45, 7) is 0.812. The van der Waals surface area contributed by atoms with Gasteiger partial charge in [-0.2, -0.15) is 0 Å². The van der Waals surface area contributed by atoms with Crippen LogP contribution in [0.2, 0.25) is 0 Å². The fraction of sp³-hybridized carbons (Fsp3) is 0.500. The van der Waals surface area contributed by atoms with Crippen molar-refractivity contribution in [1.82, 2.24) is 25.3 Å². The number of aliphatic hydroxyl groups excluding tert-OH is 1. The summed E-state index contributed by atoms with van der Waals surface area (Å²) in [6.07, 6.45) is 2.31. The van der Waals surface area contributed by atoms with E-state index >= 15 is 0 Å². The van der Waals surface area contributed by atoms with Crippen LogP contribution in [0.5, 0.6) is 0 Å². The second-order valence-corrected chi connectivity index (χ2v) is 4.88. The molecule has 3 rings (SSSR count). The third-order valence-corrected chi connectivity index (χ3v) is 3.41. The van der Waals surface area contributed by atoms with E-state index < -0.39 is 6.10 Å². The highest BCUT2D eigenvalue weighted by Crippen LogP contribution is 2.23. The highest BCUT2D eigenvalue weighted by Gasteiger charge is 2.34. The Morgan fingerprint density at radius 2 is 2.38 bits per heavy atom. The van der Waals surface area contributed by atoms with Crippen molar-refractivity contribution in [2.75, 3.05) is 31.7 Å². The number of carbonyl (C=O) groups excluding carboxylic acids is 1. The number of amides is 1. The van der Waals surface area contributed by atoms with Gasteiger partial charge in [0, 0.05) is 20.2 Å². The largest absolute Gasteiger partial charge is 0.389 e. The van der Waals surface area contributed by atoms with Gasteiger partial charge in [-0.05, 0) is 0 Å². The number of methoxy groups -OCH3 is 1. The predicted octanol–water partition coefficient (Wildman–Crippen LogP) is -1.33. The third-order valence-electron chi connectivity index (χ3n) is 3.41. The molecule has 0 spiro atoms. The number of β-amino-alcohol motifs (C(OH)–C–C–N with tert-alkyl or cyclic N) is 1. The number of H-pyrrole nitrogens is 1. The lowest BCUT2D eigenvalue weighted by Crippen LogP contribution is -2.44. The van der Waals surface area contributed by atoms with Crippen molar-refractivity contribution >= 4 is 22.9 Å². The van der Waals surface area contributed by atoms with Gasteiger partial charge in [0.15, 0.2) is 11.5 Å². The first-order valence-electron chi connectivity index (χ1n) is 6.54. The van der Waals surface area contributed by atoms with Crippen LogP contribution in [0.25, 0.3) is 11.2 Å². The van der Waals surface area contributed by atoms with Gasteiger partial charge in [0.1, 0.15) is 18.5 Å². The van der Waals surface area contributed by atoms with E-state index in [4.69, 9.17) is 4.74 Å². The minimum Gasteiger partial charge on any atom is -0.389 e. The molecule has 21 heavy (non-hydrogen) atoms. The highest BCUT2D eigenvalue weighted by molar-refractivity contribution is 5.83. The van der Waals surface area contributed by atoms with Gasteiger partial charge >= 0.3 is 0 Å². The first kappa shape index (κ1) is 13.7. The molecule has 3 heterocycles. The molecule has 1 fully saturated rings. The van der Waals surface area contributed by atoms with Crippen LogP contribution in [0.4, 0.5) is 5.82 Å². The minimum atomic E-state index is -0.668. The maximum atomic E-state index is 11.6. The number of nitrogens with zero attached hydrogens (tertiary/aromatic N) is 4. The zero-order valence-corrected chi connectivity index (χ0v) is 11.5. The number of rotatable bonds is 4. The second-order valence-electron chi connectivity index (χ2n) is 4.88. The molecule has 2 atom stereocenters. The molecular weight excluding hydrogens is 276 g/mol. The monoisotopic (exact) mass is 292 g/mol. The van der Waals surface area contributed by atoms with Crippen LogP contribution in [0.1, 0.15) is 0 Å². The molecule has 1 aliphatic heterocycles. The summed E-state index contributed by atoms with van der Waals surface area (Å²) < 4.78 is 4.77. The van der Waals surface area contributed by atoms with Crippen LogP contribution in [0.3, 0.4) is 0 Å². The number of imidazole rings is 1. The van der Waals surface area contributed by atoms with Crippen LogP contribution < -0.4 is 10.2 Å². The Bertz CT molecular complexity index is 645. The fourth-order valence-corrected chi connectivity index (χ4v) is 2.47. The van der Waals surface area contributed by atoms with E-state index in [2.05, 4.69) is 25.3 Å². The molecule has 1 amide bonds. The van der Waals surface area contributed by atoms with Gasteiger partial charge in [0.05, 0.1) is 18.5 Å². The molecule has 0 unspecified atom stereocenters. The van der Waals surface area contributed by atoms with Gasteiger partial charge in [-0.3, -0.25) is 4.79 Å². The second kappa shape index (κ2) is 5.62. The first-order chi connectivity index (χ1) is 10.2. The van der Waals surface area contributed by atoms with Crippen LogP contribution >= 0.6 is 0 Å². The third kappa shape index (κ3) is 2.65. The van der Waals surface area contributed by atoms with Crippen molar-refractivity contribution in [3.63, 3.8) is 0 Å². The van der Waals surface area contributed by atoms with Crippen molar-refractivity contribution in [3.05, 3.63) is 12.7 Å². The standard InChI is InChI=1S/C12H16N6O3/c1-21-4-9(20)17-7-2-18(3-8(7)19)12-10-11(14-5-13-10)15-6-16-12/h5-8,19H,2-4H2,1H3,(H,17,20)(H,13,14,15,16)/t7-,8-/m1/s1. The van der Waals surface area contributed by atoms with Crippen molar-refractivity contribution in [1.29, 1.82) is 0 Å². The molecule has 9 heteroatoms. The Balaban J connectivity index is 1.76. The number of nitrogens with one attached hydrogen (secondary N) is 2. The van der Waals surface area contributed by atoms with E-state index in [1.807, 2.05) is 4.90 Å². The molecule has 0 saturated carbocycles. The molecule has 0 aromatic carbocycles. The summed E-state index contributed by atoms with van der Waals surface area (Å²) in [5.74, 6) is 0.415. The normalized spacial score (nSPS) is 21.9. The fourth-order valence-electron chi connectivity index (χ4n) is 2.47. The Hall–Kier alpha value is -2.26. The number of carbonyl (C=O) groups is 1. The van der Waals surface area contributed by atoms with Crippen molar-refractivity contribution in [3.8, 4) is 0 Å². The van der Waals surface area contributed by atoms with E-state index in [0.717, 1.165) is 0 Å². The average Bonchev–Trinajstić information content (AvgIpc) is 3.06. The van der Waals surface area contributed by atoms with Gasteiger partial charge < -0.3 is 25.0 Å². The molecule has 3 N–H and O–H groups in total. The van der Waals surface area contributed by atoms with Crippen molar-refractivity contribution in [2.45, 2.75) is 12.1 Å². The maximum Gasteiger partial charge on any atom is 0.246 e. The molecule has 1 aliphatic rings. The number of aromatic amines is 1. The SMILES string of the molecule is COCC(=O)N[C@@H]1CN(c2ncnc3nc[nH]c23)C[C@H]1O. The predicted molar refractivity (Wildman–Crippen MR) is 73.7 cm³/mol. The topological polar surface area (TPSA) is 116 Å². The molecule has 0 aliphatic carbocycles. The van der Waals surface area contributed by atoms with Gasteiger partial charge in [0.2, 0.25) is 5.91 Å². The number of hydrogen-bond acceptors (Lipinski definition) is 7. The van der Waals surface area contributed by atoms with Gasteiger partial charge in [-0.25, -0.2) is 15.0 Å². The van der Waals surface area contributed by atoms with E-state index in [9.17, 15) is 9.90 Å². The first-order valence-corrected chi connectivity index (χ1v) is 6.54. The highest BCUT2D eigenvalue weighted by atomic mass is 16.5. The summed E-state index contributed by atoms with van der Waals surface area (Å²) in [5, 5.41) is 12.8. The summed E-state index contributed by atoms with van der Waals surface area (Å²) in [7, 11) is 1.45. The molecule has 2 aromatic heterocycles. The Kier molecular flexibility index (Phi) is 3.67. The van der Waals surface area contributed by atoms with Crippen LogP contribution in [-0.2, 0) is 9.53 Å². The Morgan fingerprint density at radius 1 is 1.52 bits per heavy atom. The van der Waals surface area contributed by atoms with Gasteiger partial charge in [0.25, 0.3) is 0 Å². The smallest absolute Gasteiger partial charge is 0.246 e. The molecule has 1 saturated heterocycles. The zero-order chi connectivity index (χ0) is 14.8. The average molecular weight is 292 g/mol. The minimum absolute atomic E-state index is 0.0263. The van der Waals surface area contributed by atoms with Gasteiger partial charge in [-0.1, -0.05) is 0 Å². The lowest BCUT2D eigenvalue weighted by Gasteiger charge is -2.17. The quantitative estimate of drug-likeness (QED) is 0.639. The molecular formula is C12H16N6O3. The summed E-state index contributed by atoms with van der Waals surface area (Å²) in [6, 6.07) is -0.361. The Labute approximate surface area is 120 Å². The summed E-state index contributed by atoms with van der Waals surface area (Å²) in [4.78, 5) is 28.8. The van der Waals surface area contributed by atoms with Crippen LogP contribution in [-0.4, -0.2) is 69.9 Å². The maximum absolute atomic E-state index is 11.6. The number of hydrogen-bond donors (Lipinski definition) is 3. The summed E-state index contributed by atoms with van der Waals surface area (Å²) >= 11 is 0. The van der Waals surface area contributed by atoms with E-state index in [-0.39, 0.29) is 18.6 Å². The molecule has 9 nitrogen and oxygen atoms in total. The molecule has 2 aromatic rings. The number of aliphatic hydroxyl groups is 1. The lowest BCUT2D eigenvalue weighted by molar-refractivity contribution is -0.125. The number of ether oxygens (including phenoxy) is 1. The molecule has 0 radical (unpaired) electrons. The van der Waals surface area contributed by atoms with Crippen molar-refractivity contribution in [2.24, 2.45) is 0 Å². The number of fused-ring (bicyclic) bond motifs is 1. The summed E-state index contributed by atoms with van der Waals surface area (Å²) in [5.41, 5.74) is 1.29. The van der Waals surface area contributed by atoms with Crippen LogP contribution in [0.15, 0.2) is 12.7 Å². The van der Waals surface area contributed by atoms with E-state index in [0.29, 0.717) is 30.1 Å². The van der Waals surface area contributed by atoms with E-state index in [1.54, 1.807) is 6.33 Å². The molecule has 112 valence electrons. The van der Waals surface area contributed by atoms with Crippen LogP contribution in [0, 0.1) is 0 Å². The van der Waals surface area contributed by atoms with Crippen molar-refractivity contribution < 1.29 is 14.6 Å². The van der Waals surface area contributed by atoms with Gasteiger partial charge in [-0.15, -0.1) is 0 Å². The lowest BCUT2D eigenvalue weighted by atomic mass is 10.2.